The van der Waals surface area contributed by atoms with Gasteiger partial charge in [0.2, 0.25) is 0 Å². The Morgan fingerprint density at radius 1 is 1.17 bits per heavy atom. The molecule has 0 bridgehead atoms. The topological polar surface area (TPSA) is 20.2 Å². The second kappa shape index (κ2) is 4.61. The van der Waals surface area contributed by atoms with Gasteiger partial charge in [0, 0.05) is 12.5 Å². The maximum absolute atomic E-state index is 13.7. The molecule has 0 aliphatic heterocycles. The molecule has 18 heavy (non-hydrogen) atoms. The van der Waals surface area contributed by atoms with Crippen molar-refractivity contribution in [3.8, 4) is 0 Å². The minimum Gasteiger partial charge on any atom is -0.389 e. The highest BCUT2D eigenvalue weighted by Crippen LogP contribution is 2.45. The summed E-state index contributed by atoms with van der Waals surface area (Å²) in [6, 6.07) is 3.57. The Morgan fingerprint density at radius 2 is 1.83 bits per heavy atom. The van der Waals surface area contributed by atoms with E-state index in [4.69, 9.17) is 0 Å². The zero-order valence-corrected chi connectivity index (χ0v) is 11.0. The van der Waals surface area contributed by atoms with Crippen molar-refractivity contribution < 1.29 is 13.9 Å². The van der Waals surface area contributed by atoms with Gasteiger partial charge in [-0.05, 0) is 29.9 Å². The molecule has 1 aromatic rings. The molecular formula is C15H20F2O. The largest absolute Gasteiger partial charge is 0.389 e. The van der Waals surface area contributed by atoms with Crippen molar-refractivity contribution in [2.45, 2.75) is 51.6 Å². The van der Waals surface area contributed by atoms with Crippen molar-refractivity contribution in [2.24, 2.45) is 5.41 Å². The number of aliphatic hydroxyl groups is 1. The molecule has 3 heteroatoms. The van der Waals surface area contributed by atoms with Gasteiger partial charge in [-0.1, -0.05) is 32.8 Å². The van der Waals surface area contributed by atoms with E-state index < -0.39 is 17.2 Å². The van der Waals surface area contributed by atoms with Gasteiger partial charge in [0.25, 0.3) is 0 Å². The van der Waals surface area contributed by atoms with Gasteiger partial charge >= 0.3 is 0 Å². The van der Waals surface area contributed by atoms with Crippen molar-refractivity contribution in [1.29, 1.82) is 0 Å². The van der Waals surface area contributed by atoms with E-state index >= 15 is 0 Å². The third-order valence-electron chi connectivity index (χ3n) is 4.40. The van der Waals surface area contributed by atoms with Gasteiger partial charge < -0.3 is 5.11 Å². The molecule has 1 nitrogen and oxygen atoms in total. The summed E-state index contributed by atoms with van der Waals surface area (Å²) in [6.45, 7) is 4.04. The molecule has 1 saturated carbocycles. The van der Waals surface area contributed by atoms with Gasteiger partial charge in [0.05, 0.1) is 5.60 Å². The second-order valence-electron chi connectivity index (χ2n) is 6.04. The molecule has 1 aliphatic carbocycles. The Morgan fingerprint density at radius 3 is 2.44 bits per heavy atom. The van der Waals surface area contributed by atoms with E-state index in [1.54, 1.807) is 0 Å². The summed E-state index contributed by atoms with van der Waals surface area (Å²) >= 11 is 0. The first-order chi connectivity index (χ1) is 8.34. The smallest absolute Gasteiger partial charge is 0.129 e. The van der Waals surface area contributed by atoms with E-state index in [1.165, 1.54) is 12.1 Å². The number of rotatable bonds is 2. The zero-order chi connectivity index (χ0) is 13.4. The zero-order valence-electron chi connectivity index (χ0n) is 11.0. The first-order valence-electron chi connectivity index (χ1n) is 6.50. The molecule has 1 fully saturated rings. The third-order valence-corrected chi connectivity index (χ3v) is 4.40. The summed E-state index contributed by atoms with van der Waals surface area (Å²) in [6.07, 6.45) is 3.93. The van der Waals surface area contributed by atoms with Crippen LogP contribution in [-0.2, 0) is 6.42 Å². The van der Waals surface area contributed by atoms with Crippen LogP contribution in [0.5, 0.6) is 0 Å². The highest BCUT2D eigenvalue weighted by Gasteiger charge is 2.45. The van der Waals surface area contributed by atoms with Crippen LogP contribution in [0.15, 0.2) is 18.2 Å². The minimum atomic E-state index is -0.899. The normalized spacial score (nSPS) is 27.2. The average Bonchev–Trinajstić information content (AvgIpc) is 2.27. The third kappa shape index (κ3) is 2.41. The van der Waals surface area contributed by atoms with E-state index in [9.17, 15) is 13.9 Å². The van der Waals surface area contributed by atoms with Crippen molar-refractivity contribution >= 4 is 0 Å². The Hall–Kier alpha value is -0.960. The van der Waals surface area contributed by atoms with E-state index in [-0.39, 0.29) is 11.8 Å². The van der Waals surface area contributed by atoms with Crippen LogP contribution in [0.3, 0.4) is 0 Å². The SMILES string of the molecule is CC1(C)CCCCC1(O)Cc1ccc(F)cc1F. The number of hydrogen-bond donors (Lipinski definition) is 1. The molecule has 1 N–H and O–H groups in total. The predicted octanol–water partition coefficient (Wildman–Crippen LogP) is 3.84. The van der Waals surface area contributed by atoms with Crippen LogP contribution in [0.4, 0.5) is 8.78 Å². The van der Waals surface area contributed by atoms with Crippen LogP contribution in [0.2, 0.25) is 0 Å². The fourth-order valence-electron chi connectivity index (χ4n) is 2.86. The highest BCUT2D eigenvalue weighted by molar-refractivity contribution is 5.21. The van der Waals surface area contributed by atoms with Crippen LogP contribution >= 0.6 is 0 Å². The molecule has 1 atom stereocenters. The van der Waals surface area contributed by atoms with E-state index in [2.05, 4.69) is 0 Å². The fraction of sp³-hybridized carbons (Fsp3) is 0.600. The standard InChI is InChI=1S/C15H20F2O/c1-14(2)7-3-4-8-15(14,18)10-11-5-6-12(16)9-13(11)17/h5-6,9,18H,3-4,7-8,10H2,1-2H3. The lowest BCUT2D eigenvalue weighted by Gasteiger charge is -2.46. The molecule has 1 aliphatic rings. The molecule has 0 heterocycles. The summed E-state index contributed by atoms with van der Waals surface area (Å²) < 4.78 is 26.5. The van der Waals surface area contributed by atoms with Gasteiger partial charge in [-0.2, -0.15) is 0 Å². The Bertz CT molecular complexity index is 442. The van der Waals surface area contributed by atoms with Crippen molar-refractivity contribution in [2.75, 3.05) is 0 Å². The summed E-state index contributed by atoms with van der Waals surface area (Å²) in [7, 11) is 0. The van der Waals surface area contributed by atoms with Gasteiger partial charge in [-0.25, -0.2) is 8.78 Å². The molecule has 1 unspecified atom stereocenters. The van der Waals surface area contributed by atoms with E-state index in [0.29, 0.717) is 12.0 Å². The van der Waals surface area contributed by atoms with Crippen LogP contribution in [-0.4, -0.2) is 10.7 Å². The van der Waals surface area contributed by atoms with E-state index in [1.807, 2.05) is 13.8 Å². The van der Waals surface area contributed by atoms with Gasteiger partial charge in [-0.3, -0.25) is 0 Å². The molecule has 1 aromatic carbocycles. The highest BCUT2D eigenvalue weighted by atomic mass is 19.1. The molecule has 2 rings (SSSR count). The predicted molar refractivity (Wildman–Crippen MR) is 67.3 cm³/mol. The summed E-state index contributed by atoms with van der Waals surface area (Å²) in [5.41, 5.74) is -0.732. The van der Waals surface area contributed by atoms with Crippen molar-refractivity contribution in [1.82, 2.24) is 0 Å². The molecule has 0 spiro atoms. The molecular weight excluding hydrogens is 234 g/mol. The molecule has 100 valence electrons. The van der Waals surface area contributed by atoms with Crippen LogP contribution in [0.25, 0.3) is 0 Å². The molecule has 0 aromatic heterocycles. The Kier molecular flexibility index (Phi) is 3.45. The summed E-state index contributed by atoms with van der Waals surface area (Å²) in [4.78, 5) is 0. The number of hydrogen-bond acceptors (Lipinski definition) is 1. The maximum Gasteiger partial charge on any atom is 0.129 e. The summed E-state index contributed by atoms with van der Waals surface area (Å²) in [5.74, 6) is -1.14. The Balaban J connectivity index is 2.26. The average molecular weight is 254 g/mol. The lowest BCUT2D eigenvalue weighted by Crippen LogP contribution is -2.49. The lowest BCUT2D eigenvalue weighted by molar-refractivity contribution is -0.0962. The number of benzene rings is 1. The lowest BCUT2D eigenvalue weighted by atomic mass is 9.63. The van der Waals surface area contributed by atoms with E-state index in [0.717, 1.165) is 25.3 Å². The van der Waals surface area contributed by atoms with Crippen LogP contribution < -0.4 is 0 Å². The maximum atomic E-state index is 13.7. The first kappa shape index (κ1) is 13.5. The van der Waals surface area contributed by atoms with Crippen molar-refractivity contribution in [3.63, 3.8) is 0 Å². The van der Waals surface area contributed by atoms with Crippen molar-refractivity contribution in [3.05, 3.63) is 35.4 Å². The second-order valence-corrected chi connectivity index (χ2v) is 6.04. The molecule has 0 saturated heterocycles. The van der Waals surface area contributed by atoms with Gasteiger partial charge in [0.1, 0.15) is 11.6 Å². The quantitative estimate of drug-likeness (QED) is 0.850. The first-order valence-corrected chi connectivity index (χ1v) is 6.50. The van der Waals surface area contributed by atoms with Crippen LogP contribution in [0, 0.1) is 17.0 Å². The minimum absolute atomic E-state index is 0.230. The number of halogens is 2. The monoisotopic (exact) mass is 254 g/mol. The fourth-order valence-corrected chi connectivity index (χ4v) is 2.86. The van der Waals surface area contributed by atoms with Crippen LogP contribution in [0.1, 0.15) is 45.1 Å². The van der Waals surface area contributed by atoms with Gasteiger partial charge in [-0.15, -0.1) is 0 Å². The molecule has 0 amide bonds. The summed E-state index contributed by atoms with van der Waals surface area (Å²) in [5, 5.41) is 10.8. The van der Waals surface area contributed by atoms with Gasteiger partial charge in [0.15, 0.2) is 0 Å². The molecule has 0 radical (unpaired) electrons. The Labute approximate surface area is 107 Å².